The number of likely N-dealkylation sites (N-methyl/N-ethyl adjacent to an activating group) is 1. The number of nitrogens with zero attached hydrogens (tertiary/aromatic N) is 1. The first-order chi connectivity index (χ1) is 6.50. The Morgan fingerprint density at radius 3 is 2.43 bits per heavy atom. The predicted octanol–water partition coefficient (Wildman–Crippen LogP) is 1.71. The third kappa shape index (κ3) is 2.60. The average molecular weight is 199 g/mol. The van der Waals surface area contributed by atoms with Crippen LogP contribution in [0.3, 0.4) is 0 Å². The van der Waals surface area contributed by atoms with Crippen molar-refractivity contribution in [2.45, 2.75) is 0 Å². The summed E-state index contributed by atoms with van der Waals surface area (Å²) in [5.74, 6) is -2.16. The summed E-state index contributed by atoms with van der Waals surface area (Å²) in [5.41, 5.74) is 0.192. The number of carbonyl (C=O) groups is 1. The zero-order valence-corrected chi connectivity index (χ0v) is 8.05. The van der Waals surface area contributed by atoms with Crippen molar-refractivity contribution in [3.05, 3.63) is 35.4 Å². The lowest BCUT2D eigenvalue weighted by Gasteiger charge is -2.08. The van der Waals surface area contributed by atoms with Crippen molar-refractivity contribution in [3.63, 3.8) is 0 Å². The fourth-order valence-electron chi connectivity index (χ4n) is 1.05. The first-order valence-electron chi connectivity index (χ1n) is 4.13. The van der Waals surface area contributed by atoms with Crippen LogP contribution in [0.25, 0.3) is 0 Å². The van der Waals surface area contributed by atoms with Crippen molar-refractivity contribution in [1.82, 2.24) is 4.90 Å². The molecule has 0 bridgehead atoms. The summed E-state index contributed by atoms with van der Waals surface area (Å²) < 4.78 is 25.3. The maximum Gasteiger partial charge on any atom is 0.176 e. The first kappa shape index (κ1) is 10.8. The van der Waals surface area contributed by atoms with E-state index >= 15 is 0 Å². The van der Waals surface area contributed by atoms with Gasteiger partial charge < -0.3 is 4.90 Å². The fraction of sp³-hybridized carbons (Fsp3) is 0.300. The summed E-state index contributed by atoms with van der Waals surface area (Å²) in [6.07, 6.45) is 0. The largest absolute Gasteiger partial charge is 0.302 e. The van der Waals surface area contributed by atoms with E-state index in [1.807, 2.05) is 0 Å². The van der Waals surface area contributed by atoms with Crippen LogP contribution >= 0.6 is 0 Å². The molecule has 0 aromatic heterocycles. The fourth-order valence-corrected chi connectivity index (χ4v) is 1.05. The smallest absolute Gasteiger partial charge is 0.176 e. The molecule has 0 aliphatic rings. The lowest BCUT2D eigenvalue weighted by molar-refractivity contribution is 0.0957. The molecule has 1 aromatic carbocycles. The highest BCUT2D eigenvalue weighted by molar-refractivity contribution is 5.97. The van der Waals surface area contributed by atoms with E-state index in [1.54, 1.807) is 19.0 Å². The number of benzene rings is 1. The van der Waals surface area contributed by atoms with Gasteiger partial charge in [-0.05, 0) is 32.3 Å². The molecule has 0 aliphatic carbocycles. The van der Waals surface area contributed by atoms with Gasteiger partial charge in [0.2, 0.25) is 0 Å². The average Bonchev–Trinajstić information content (AvgIpc) is 2.08. The van der Waals surface area contributed by atoms with Crippen LogP contribution in [0.15, 0.2) is 18.2 Å². The van der Waals surface area contributed by atoms with Gasteiger partial charge in [0.15, 0.2) is 17.4 Å². The molecule has 0 aliphatic heterocycles. The molecule has 1 aromatic rings. The molecule has 0 fully saturated rings. The molecule has 0 saturated heterocycles. The summed E-state index contributed by atoms with van der Waals surface area (Å²) in [4.78, 5) is 13.1. The van der Waals surface area contributed by atoms with Crippen molar-refractivity contribution in [1.29, 1.82) is 0 Å². The molecule has 0 spiro atoms. The van der Waals surface area contributed by atoms with Crippen LogP contribution in [0.5, 0.6) is 0 Å². The lowest BCUT2D eigenvalue weighted by Crippen LogP contribution is -2.21. The quantitative estimate of drug-likeness (QED) is 0.691. The predicted molar refractivity (Wildman–Crippen MR) is 49.2 cm³/mol. The number of halogens is 2. The molecule has 4 heteroatoms. The zero-order chi connectivity index (χ0) is 10.7. The van der Waals surface area contributed by atoms with Crippen LogP contribution in [0, 0.1) is 11.6 Å². The maximum absolute atomic E-state index is 12.7. The monoisotopic (exact) mass is 199 g/mol. The van der Waals surface area contributed by atoms with E-state index in [4.69, 9.17) is 0 Å². The van der Waals surface area contributed by atoms with Crippen LogP contribution in [-0.4, -0.2) is 31.3 Å². The summed E-state index contributed by atoms with van der Waals surface area (Å²) >= 11 is 0. The van der Waals surface area contributed by atoms with E-state index in [1.165, 1.54) is 6.07 Å². The number of hydrogen-bond acceptors (Lipinski definition) is 2. The maximum atomic E-state index is 12.7. The van der Waals surface area contributed by atoms with E-state index in [0.29, 0.717) is 0 Å². The highest BCUT2D eigenvalue weighted by Gasteiger charge is 2.09. The van der Waals surface area contributed by atoms with Gasteiger partial charge in [0, 0.05) is 5.56 Å². The standard InChI is InChI=1S/C10H11F2NO/c1-13(2)6-10(14)7-3-4-8(11)9(12)5-7/h3-5H,6H2,1-2H3. The summed E-state index contributed by atoms with van der Waals surface area (Å²) in [6.45, 7) is 0.186. The van der Waals surface area contributed by atoms with E-state index < -0.39 is 11.6 Å². The number of carbonyl (C=O) groups excluding carboxylic acids is 1. The Labute approximate surface area is 81.1 Å². The number of hydrogen-bond donors (Lipinski definition) is 0. The Morgan fingerprint density at radius 2 is 1.93 bits per heavy atom. The van der Waals surface area contributed by atoms with Crippen LogP contribution < -0.4 is 0 Å². The van der Waals surface area contributed by atoms with Crippen molar-refractivity contribution in [3.8, 4) is 0 Å². The highest BCUT2D eigenvalue weighted by atomic mass is 19.2. The number of rotatable bonds is 3. The van der Waals surface area contributed by atoms with Gasteiger partial charge in [-0.15, -0.1) is 0 Å². The van der Waals surface area contributed by atoms with E-state index in [0.717, 1.165) is 12.1 Å². The first-order valence-corrected chi connectivity index (χ1v) is 4.13. The molecule has 0 N–H and O–H groups in total. The third-order valence-electron chi connectivity index (χ3n) is 1.70. The van der Waals surface area contributed by atoms with Gasteiger partial charge in [-0.25, -0.2) is 8.78 Å². The Kier molecular flexibility index (Phi) is 3.30. The zero-order valence-electron chi connectivity index (χ0n) is 8.05. The minimum atomic E-state index is -0.991. The highest BCUT2D eigenvalue weighted by Crippen LogP contribution is 2.09. The Morgan fingerprint density at radius 1 is 1.29 bits per heavy atom. The second kappa shape index (κ2) is 4.28. The van der Waals surface area contributed by atoms with E-state index in [9.17, 15) is 13.6 Å². The minimum Gasteiger partial charge on any atom is -0.302 e. The third-order valence-corrected chi connectivity index (χ3v) is 1.70. The van der Waals surface area contributed by atoms with Crippen molar-refractivity contribution >= 4 is 5.78 Å². The molecule has 14 heavy (non-hydrogen) atoms. The molecule has 2 nitrogen and oxygen atoms in total. The van der Waals surface area contributed by atoms with Crippen molar-refractivity contribution < 1.29 is 13.6 Å². The summed E-state index contributed by atoms with van der Waals surface area (Å²) in [5, 5.41) is 0. The Balaban J connectivity index is 2.86. The van der Waals surface area contributed by atoms with Crippen LogP contribution in [0.2, 0.25) is 0 Å². The lowest BCUT2D eigenvalue weighted by atomic mass is 10.1. The summed E-state index contributed by atoms with van der Waals surface area (Å²) in [6, 6.07) is 3.16. The second-order valence-corrected chi connectivity index (χ2v) is 3.29. The van der Waals surface area contributed by atoms with Gasteiger partial charge in [0.05, 0.1) is 6.54 Å². The minimum absolute atomic E-state index is 0.186. The molecule has 0 saturated carbocycles. The van der Waals surface area contributed by atoms with Gasteiger partial charge >= 0.3 is 0 Å². The Hall–Kier alpha value is -1.29. The Bertz CT molecular complexity index is 350. The topological polar surface area (TPSA) is 20.3 Å². The van der Waals surface area contributed by atoms with Gasteiger partial charge in [-0.3, -0.25) is 4.79 Å². The van der Waals surface area contributed by atoms with Crippen molar-refractivity contribution in [2.75, 3.05) is 20.6 Å². The number of Topliss-reactive ketones (excluding diaryl/α,β-unsaturated/α-hetero) is 1. The van der Waals surface area contributed by atoms with Crippen LogP contribution in [0.1, 0.15) is 10.4 Å². The normalized spacial score (nSPS) is 10.6. The van der Waals surface area contributed by atoms with Crippen LogP contribution in [0.4, 0.5) is 8.78 Å². The molecule has 0 radical (unpaired) electrons. The molecule has 0 heterocycles. The van der Waals surface area contributed by atoms with Gasteiger partial charge in [0.25, 0.3) is 0 Å². The van der Waals surface area contributed by atoms with Crippen molar-refractivity contribution in [2.24, 2.45) is 0 Å². The molecular formula is C10H11F2NO. The molecule has 0 atom stereocenters. The summed E-state index contributed by atoms with van der Waals surface area (Å²) in [7, 11) is 3.47. The second-order valence-electron chi connectivity index (χ2n) is 3.29. The SMILES string of the molecule is CN(C)CC(=O)c1ccc(F)c(F)c1. The van der Waals surface area contributed by atoms with Crippen LogP contribution in [-0.2, 0) is 0 Å². The molecule has 0 unspecified atom stereocenters. The van der Waals surface area contributed by atoms with E-state index in [-0.39, 0.29) is 17.9 Å². The number of ketones is 1. The van der Waals surface area contributed by atoms with Gasteiger partial charge in [-0.2, -0.15) is 0 Å². The van der Waals surface area contributed by atoms with Gasteiger partial charge in [0.1, 0.15) is 0 Å². The molecule has 76 valence electrons. The molecular weight excluding hydrogens is 188 g/mol. The molecule has 1 rings (SSSR count). The van der Waals surface area contributed by atoms with Gasteiger partial charge in [-0.1, -0.05) is 0 Å². The molecule has 0 amide bonds. The van der Waals surface area contributed by atoms with E-state index in [2.05, 4.69) is 0 Å².